The van der Waals surface area contributed by atoms with Crippen molar-refractivity contribution in [3.05, 3.63) is 80.2 Å². The molecule has 0 fully saturated rings. The molecule has 2 heterocycles. The maximum absolute atomic E-state index is 13.1. The first kappa shape index (κ1) is 24.0. The Labute approximate surface area is 200 Å². The van der Waals surface area contributed by atoms with E-state index in [-0.39, 0.29) is 22.6 Å². The number of anilines is 2. The van der Waals surface area contributed by atoms with Gasteiger partial charge in [0.2, 0.25) is 10.0 Å². The highest BCUT2D eigenvalue weighted by Gasteiger charge is 2.31. The molecule has 0 spiro atoms. The average molecular weight is 556 g/mol. The molecule has 1 aliphatic heterocycles. The minimum absolute atomic E-state index is 0.207. The largest absolute Gasteiger partial charge is 0.416 e. The van der Waals surface area contributed by atoms with Gasteiger partial charge in [0.05, 0.1) is 17.5 Å². The standard InChI is InChI=1S/C22H17BrF3N3O4S/c1-34(32,33)28-19-10-15(11-27-20(19)30)29-7-6-13-8-12(2-4-17(13)21(29)31)16-5-3-14(9-18(16)23)22(24,25)26/h2-5,8-11,28H,6-7H2,1H3,(H,27,30). The summed E-state index contributed by atoms with van der Waals surface area (Å²) in [7, 11) is -3.69. The van der Waals surface area contributed by atoms with Crippen LogP contribution in [0.25, 0.3) is 11.1 Å². The van der Waals surface area contributed by atoms with E-state index in [0.717, 1.165) is 24.0 Å². The van der Waals surface area contributed by atoms with Gasteiger partial charge >= 0.3 is 6.18 Å². The van der Waals surface area contributed by atoms with Crippen molar-refractivity contribution in [2.24, 2.45) is 0 Å². The van der Waals surface area contributed by atoms with Gasteiger partial charge in [-0.05, 0) is 47.4 Å². The summed E-state index contributed by atoms with van der Waals surface area (Å²) in [6.07, 6.45) is -1.77. The molecule has 0 bridgehead atoms. The number of nitrogens with one attached hydrogen (secondary N) is 2. The van der Waals surface area contributed by atoms with Crippen molar-refractivity contribution in [2.75, 3.05) is 22.4 Å². The van der Waals surface area contributed by atoms with Crippen molar-refractivity contribution in [1.29, 1.82) is 0 Å². The van der Waals surface area contributed by atoms with Crippen LogP contribution in [0.2, 0.25) is 0 Å². The van der Waals surface area contributed by atoms with E-state index in [2.05, 4.69) is 25.6 Å². The number of H-pyrrole nitrogens is 1. The first-order chi connectivity index (χ1) is 15.8. The number of pyridine rings is 1. The number of nitrogens with zero attached hydrogens (tertiary/aromatic N) is 1. The van der Waals surface area contributed by atoms with Crippen molar-refractivity contribution in [2.45, 2.75) is 12.6 Å². The summed E-state index contributed by atoms with van der Waals surface area (Å²) in [6.45, 7) is 0.258. The van der Waals surface area contributed by atoms with Crippen molar-refractivity contribution in [3.63, 3.8) is 0 Å². The molecule has 0 unspecified atom stereocenters. The number of sulfonamides is 1. The van der Waals surface area contributed by atoms with E-state index in [0.29, 0.717) is 28.8 Å². The maximum Gasteiger partial charge on any atom is 0.416 e. The predicted molar refractivity (Wildman–Crippen MR) is 125 cm³/mol. The molecule has 0 radical (unpaired) electrons. The van der Waals surface area contributed by atoms with Crippen LogP contribution in [0.15, 0.2) is 57.9 Å². The number of amides is 1. The van der Waals surface area contributed by atoms with Crippen LogP contribution in [-0.2, 0) is 22.6 Å². The minimum atomic E-state index is -4.45. The summed E-state index contributed by atoms with van der Waals surface area (Å²) in [4.78, 5) is 28.9. The number of alkyl halides is 3. The molecule has 0 atom stereocenters. The van der Waals surface area contributed by atoms with Gasteiger partial charge in [0.1, 0.15) is 5.69 Å². The third-order valence-corrected chi connectivity index (χ3v) is 6.53. The molecule has 7 nitrogen and oxygen atoms in total. The molecule has 1 aliphatic rings. The third-order valence-electron chi connectivity index (χ3n) is 5.29. The molecule has 0 saturated heterocycles. The highest BCUT2D eigenvalue weighted by Crippen LogP contribution is 2.37. The zero-order valence-corrected chi connectivity index (χ0v) is 19.9. The highest BCUT2D eigenvalue weighted by molar-refractivity contribution is 9.10. The normalized spacial score (nSPS) is 14.1. The average Bonchev–Trinajstić information content (AvgIpc) is 2.74. The molecule has 3 aromatic rings. The van der Waals surface area contributed by atoms with Crippen molar-refractivity contribution in [3.8, 4) is 11.1 Å². The van der Waals surface area contributed by atoms with Crippen LogP contribution in [0.3, 0.4) is 0 Å². The topological polar surface area (TPSA) is 99.3 Å². The summed E-state index contributed by atoms with van der Waals surface area (Å²) in [6, 6.07) is 9.70. The first-order valence-corrected chi connectivity index (χ1v) is 12.5. The Balaban J connectivity index is 1.65. The van der Waals surface area contributed by atoms with Gasteiger partial charge in [-0.25, -0.2) is 8.42 Å². The van der Waals surface area contributed by atoms with Crippen LogP contribution in [0.1, 0.15) is 21.5 Å². The second kappa shape index (κ2) is 8.58. The van der Waals surface area contributed by atoms with E-state index in [4.69, 9.17) is 0 Å². The minimum Gasteiger partial charge on any atom is -0.325 e. The number of benzene rings is 2. The molecule has 4 rings (SSSR count). The lowest BCUT2D eigenvalue weighted by atomic mass is 9.93. The van der Waals surface area contributed by atoms with Gasteiger partial charge in [0, 0.05) is 22.8 Å². The lowest BCUT2D eigenvalue weighted by molar-refractivity contribution is -0.137. The quantitative estimate of drug-likeness (QED) is 0.498. The van der Waals surface area contributed by atoms with Crippen molar-refractivity contribution < 1.29 is 26.4 Å². The number of aromatic amines is 1. The fourth-order valence-corrected chi connectivity index (χ4v) is 4.89. The zero-order valence-electron chi connectivity index (χ0n) is 17.5. The molecule has 1 amide bonds. The number of hydrogen-bond donors (Lipinski definition) is 2. The van der Waals surface area contributed by atoms with Gasteiger partial charge < -0.3 is 9.88 Å². The fraction of sp³-hybridized carbons (Fsp3) is 0.182. The Morgan fingerprint density at radius 3 is 2.41 bits per heavy atom. The molecule has 2 aromatic carbocycles. The molecule has 34 heavy (non-hydrogen) atoms. The van der Waals surface area contributed by atoms with Gasteiger partial charge in [-0.15, -0.1) is 0 Å². The molecular formula is C22H17BrF3N3O4S. The Morgan fingerprint density at radius 1 is 1.06 bits per heavy atom. The van der Waals surface area contributed by atoms with Crippen LogP contribution >= 0.6 is 15.9 Å². The third kappa shape index (κ3) is 4.87. The lowest BCUT2D eigenvalue weighted by Gasteiger charge is -2.29. The molecular weight excluding hydrogens is 539 g/mol. The Kier molecular flexibility index (Phi) is 6.06. The van der Waals surface area contributed by atoms with Gasteiger partial charge in [-0.1, -0.05) is 34.1 Å². The zero-order chi connectivity index (χ0) is 24.8. The SMILES string of the molecule is CS(=O)(=O)Nc1cc(N2CCc3cc(-c4ccc(C(F)(F)F)cc4Br)ccc3C2=O)c[nH]c1=O. The lowest BCUT2D eigenvalue weighted by Crippen LogP contribution is -2.38. The van der Waals surface area contributed by atoms with Gasteiger partial charge in [-0.2, -0.15) is 13.2 Å². The van der Waals surface area contributed by atoms with E-state index in [9.17, 15) is 31.2 Å². The molecule has 2 N–H and O–H groups in total. The van der Waals surface area contributed by atoms with Gasteiger partial charge in [0.25, 0.3) is 11.5 Å². The maximum atomic E-state index is 13.1. The van der Waals surface area contributed by atoms with Crippen molar-refractivity contribution >= 4 is 43.2 Å². The molecule has 178 valence electrons. The summed E-state index contributed by atoms with van der Waals surface area (Å²) in [5.41, 5.74) is 1.04. The second-order valence-electron chi connectivity index (χ2n) is 7.75. The van der Waals surface area contributed by atoms with Gasteiger partial charge in [-0.3, -0.25) is 14.3 Å². The van der Waals surface area contributed by atoms with Crippen LogP contribution < -0.4 is 15.2 Å². The summed E-state index contributed by atoms with van der Waals surface area (Å²) < 4.78 is 64.3. The van der Waals surface area contributed by atoms with Gasteiger partial charge in [0.15, 0.2) is 0 Å². The number of halogens is 4. The monoisotopic (exact) mass is 555 g/mol. The number of hydrogen-bond acceptors (Lipinski definition) is 4. The highest BCUT2D eigenvalue weighted by atomic mass is 79.9. The second-order valence-corrected chi connectivity index (χ2v) is 10.3. The Bertz CT molecular complexity index is 1470. The Hall–Kier alpha value is -3.12. The van der Waals surface area contributed by atoms with Crippen LogP contribution in [0, 0.1) is 0 Å². The van der Waals surface area contributed by atoms with E-state index < -0.39 is 27.3 Å². The number of fused-ring (bicyclic) bond motifs is 1. The van der Waals surface area contributed by atoms with E-state index in [1.54, 1.807) is 18.2 Å². The summed E-state index contributed by atoms with van der Waals surface area (Å²) in [5.74, 6) is -0.350. The predicted octanol–water partition coefficient (Wildman–Crippen LogP) is 4.40. The number of carbonyl (C=O) groups is 1. The van der Waals surface area contributed by atoms with Crippen LogP contribution in [-0.4, -0.2) is 32.1 Å². The molecule has 12 heteroatoms. The molecule has 1 aromatic heterocycles. The Morgan fingerprint density at radius 2 is 1.76 bits per heavy atom. The number of rotatable bonds is 4. The van der Waals surface area contributed by atoms with E-state index in [1.807, 2.05) is 0 Å². The van der Waals surface area contributed by atoms with Crippen molar-refractivity contribution in [1.82, 2.24) is 4.98 Å². The number of aromatic nitrogens is 1. The van der Waals surface area contributed by atoms with Crippen LogP contribution in [0.5, 0.6) is 0 Å². The summed E-state index contributed by atoms with van der Waals surface area (Å²) >= 11 is 3.20. The molecule has 0 aliphatic carbocycles. The smallest absolute Gasteiger partial charge is 0.325 e. The number of carbonyl (C=O) groups excluding carboxylic acids is 1. The summed E-state index contributed by atoms with van der Waals surface area (Å²) in [5, 5.41) is 0. The van der Waals surface area contributed by atoms with E-state index in [1.165, 1.54) is 23.2 Å². The first-order valence-electron chi connectivity index (χ1n) is 9.86. The van der Waals surface area contributed by atoms with E-state index >= 15 is 0 Å². The fourth-order valence-electron chi connectivity index (χ4n) is 3.73. The van der Waals surface area contributed by atoms with Crippen LogP contribution in [0.4, 0.5) is 24.5 Å². The molecule has 0 saturated carbocycles.